The van der Waals surface area contributed by atoms with Crippen LogP contribution in [0.3, 0.4) is 0 Å². The number of aryl methyl sites for hydroxylation is 1. The van der Waals surface area contributed by atoms with E-state index in [1.165, 1.54) is 6.07 Å². The lowest BCUT2D eigenvalue weighted by Crippen LogP contribution is -2.24. The Morgan fingerprint density at radius 3 is 2.17 bits per heavy atom. The zero-order valence-electron chi connectivity index (χ0n) is 20.4. The third-order valence-corrected chi connectivity index (χ3v) is 5.99. The van der Waals surface area contributed by atoms with Crippen molar-refractivity contribution in [1.82, 2.24) is 14.9 Å². The standard InChI is InChI=1S/C28H29F3N4/c1-19-10-8-13-24-25(19)32-26(33-27(24)35(4)15-9-14-34(2)3)22-16-21(20-11-6-5-7-12-20)17-23(18-22)28(29,30)31/h5-8,10-13,16-18H,9,14-15H2,1-4H3. The Bertz CT molecular complexity index is 1320. The summed E-state index contributed by atoms with van der Waals surface area (Å²) in [5.41, 5.74) is 2.49. The van der Waals surface area contributed by atoms with Crippen molar-refractivity contribution in [3.05, 3.63) is 77.9 Å². The molecule has 0 aliphatic carbocycles. The van der Waals surface area contributed by atoms with E-state index < -0.39 is 11.7 Å². The van der Waals surface area contributed by atoms with Crippen LogP contribution in [0, 0.1) is 6.92 Å². The highest BCUT2D eigenvalue weighted by atomic mass is 19.4. The second kappa shape index (κ2) is 10.0. The van der Waals surface area contributed by atoms with E-state index in [4.69, 9.17) is 9.97 Å². The first-order valence-electron chi connectivity index (χ1n) is 11.5. The Hall–Kier alpha value is -3.45. The molecule has 4 aromatic rings. The van der Waals surface area contributed by atoms with Gasteiger partial charge in [-0.05, 0) is 74.9 Å². The maximum absolute atomic E-state index is 13.9. The third-order valence-electron chi connectivity index (χ3n) is 5.99. The highest BCUT2D eigenvalue weighted by Crippen LogP contribution is 2.37. The Morgan fingerprint density at radius 2 is 1.49 bits per heavy atom. The number of alkyl halides is 3. The van der Waals surface area contributed by atoms with Crippen LogP contribution in [0.25, 0.3) is 33.4 Å². The molecule has 35 heavy (non-hydrogen) atoms. The van der Waals surface area contributed by atoms with E-state index >= 15 is 0 Å². The summed E-state index contributed by atoms with van der Waals surface area (Å²) in [7, 11) is 6.02. The molecule has 0 amide bonds. The minimum Gasteiger partial charge on any atom is -0.359 e. The van der Waals surface area contributed by atoms with Crippen LogP contribution in [-0.2, 0) is 6.18 Å². The number of fused-ring (bicyclic) bond motifs is 1. The van der Waals surface area contributed by atoms with Crippen LogP contribution in [-0.4, -0.2) is 49.1 Å². The average Bonchev–Trinajstić information content (AvgIpc) is 2.83. The molecule has 182 valence electrons. The van der Waals surface area contributed by atoms with Crippen molar-refractivity contribution in [2.45, 2.75) is 19.5 Å². The van der Waals surface area contributed by atoms with Crippen molar-refractivity contribution < 1.29 is 13.2 Å². The number of hydrogen-bond donors (Lipinski definition) is 0. The van der Waals surface area contributed by atoms with E-state index in [1.54, 1.807) is 18.2 Å². The molecule has 0 aliphatic heterocycles. The van der Waals surface area contributed by atoms with Crippen LogP contribution in [0.4, 0.5) is 19.0 Å². The number of anilines is 1. The molecule has 0 N–H and O–H groups in total. The average molecular weight is 479 g/mol. The third kappa shape index (κ3) is 5.62. The summed E-state index contributed by atoms with van der Waals surface area (Å²) in [6.07, 6.45) is -3.56. The molecule has 3 aromatic carbocycles. The summed E-state index contributed by atoms with van der Waals surface area (Å²) in [6, 6.07) is 19.0. The second-order valence-corrected chi connectivity index (χ2v) is 9.08. The first-order valence-corrected chi connectivity index (χ1v) is 11.5. The molecule has 0 unspecified atom stereocenters. The van der Waals surface area contributed by atoms with Gasteiger partial charge in [-0.3, -0.25) is 0 Å². The molecule has 0 fully saturated rings. The van der Waals surface area contributed by atoms with Gasteiger partial charge in [-0.15, -0.1) is 0 Å². The number of rotatable bonds is 7. The summed E-state index contributed by atoms with van der Waals surface area (Å²) in [5.74, 6) is 0.996. The number of nitrogens with zero attached hydrogens (tertiary/aromatic N) is 4. The molecular weight excluding hydrogens is 449 g/mol. The van der Waals surface area contributed by atoms with Gasteiger partial charge in [0.15, 0.2) is 5.82 Å². The molecular formula is C28H29F3N4. The van der Waals surface area contributed by atoms with Crippen LogP contribution in [0.5, 0.6) is 0 Å². The van der Waals surface area contributed by atoms with E-state index in [0.717, 1.165) is 42.0 Å². The molecule has 1 heterocycles. The predicted molar refractivity (Wildman–Crippen MR) is 137 cm³/mol. The number of hydrogen-bond acceptors (Lipinski definition) is 4. The van der Waals surface area contributed by atoms with Crippen molar-refractivity contribution in [3.8, 4) is 22.5 Å². The van der Waals surface area contributed by atoms with Gasteiger partial charge in [-0.25, -0.2) is 9.97 Å². The first-order chi connectivity index (χ1) is 16.6. The fourth-order valence-corrected chi connectivity index (χ4v) is 4.15. The molecule has 4 nitrogen and oxygen atoms in total. The Morgan fingerprint density at radius 1 is 0.771 bits per heavy atom. The summed E-state index contributed by atoms with van der Waals surface area (Å²) in [4.78, 5) is 13.7. The van der Waals surface area contributed by atoms with Crippen molar-refractivity contribution in [2.24, 2.45) is 0 Å². The van der Waals surface area contributed by atoms with Crippen LogP contribution in [0.15, 0.2) is 66.7 Å². The van der Waals surface area contributed by atoms with Crippen molar-refractivity contribution in [3.63, 3.8) is 0 Å². The molecule has 0 aliphatic rings. The van der Waals surface area contributed by atoms with Gasteiger partial charge < -0.3 is 9.80 Å². The van der Waals surface area contributed by atoms with Gasteiger partial charge in [0.05, 0.1) is 11.1 Å². The zero-order chi connectivity index (χ0) is 25.2. The molecule has 0 atom stereocenters. The summed E-state index contributed by atoms with van der Waals surface area (Å²) >= 11 is 0. The summed E-state index contributed by atoms with van der Waals surface area (Å²) in [6.45, 7) is 3.64. The maximum Gasteiger partial charge on any atom is 0.416 e. The quantitative estimate of drug-likeness (QED) is 0.297. The SMILES string of the molecule is Cc1cccc2c(N(C)CCCN(C)C)nc(-c3cc(-c4ccccc4)cc(C(F)(F)F)c3)nc12. The van der Waals surface area contributed by atoms with Gasteiger partial charge in [0, 0.05) is 24.5 Å². The van der Waals surface area contributed by atoms with Crippen molar-refractivity contribution in [2.75, 3.05) is 39.1 Å². The molecule has 1 aromatic heterocycles. The van der Waals surface area contributed by atoms with Crippen molar-refractivity contribution >= 4 is 16.7 Å². The fourth-order valence-electron chi connectivity index (χ4n) is 4.15. The van der Waals surface area contributed by atoms with Gasteiger partial charge in [0.2, 0.25) is 0 Å². The van der Waals surface area contributed by atoms with Gasteiger partial charge in [-0.2, -0.15) is 13.2 Å². The topological polar surface area (TPSA) is 32.3 Å². The Kier molecular flexibility index (Phi) is 7.08. The van der Waals surface area contributed by atoms with E-state index in [0.29, 0.717) is 22.5 Å². The molecule has 0 saturated heterocycles. The predicted octanol–water partition coefficient (Wildman–Crippen LogP) is 6.68. The maximum atomic E-state index is 13.9. The molecule has 0 bridgehead atoms. The first kappa shape index (κ1) is 24.7. The van der Waals surface area contributed by atoms with E-state index in [2.05, 4.69) is 9.80 Å². The number of benzene rings is 3. The minimum absolute atomic E-state index is 0.282. The van der Waals surface area contributed by atoms with Gasteiger partial charge in [0.1, 0.15) is 5.82 Å². The van der Waals surface area contributed by atoms with Crippen LogP contribution in [0.1, 0.15) is 17.5 Å². The van der Waals surface area contributed by atoms with Crippen LogP contribution < -0.4 is 4.90 Å². The molecule has 7 heteroatoms. The van der Waals surface area contributed by atoms with E-state index in [9.17, 15) is 13.2 Å². The molecule has 4 rings (SSSR count). The van der Waals surface area contributed by atoms with Crippen molar-refractivity contribution in [1.29, 1.82) is 0 Å². The monoisotopic (exact) mass is 478 g/mol. The molecule has 0 radical (unpaired) electrons. The summed E-state index contributed by atoms with van der Waals surface area (Å²) in [5, 5.41) is 0.886. The largest absolute Gasteiger partial charge is 0.416 e. The smallest absolute Gasteiger partial charge is 0.359 e. The highest BCUT2D eigenvalue weighted by Gasteiger charge is 2.32. The van der Waals surface area contributed by atoms with E-state index in [1.807, 2.05) is 64.5 Å². The highest BCUT2D eigenvalue weighted by molar-refractivity contribution is 5.93. The Labute approximate surface area is 204 Å². The number of para-hydroxylation sites is 1. The Balaban J connectivity index is 1.88. The summed E-state index contributed by atoms with van der Waals surface area (Å²) < 4.78 is 41.6. The number of aromatic nitrogens is 2. The van der Waals surface area contributed by atoms with Gasteiger partial charge >= 0.3 is 6.18 Å². The molecule has 0 spiro atoms. The normalized spacial score (nSPS) is 11.9. The molecule has 0 saturated carbocycles. The van der Waals surface area contributed by atoms with Crippen LogP contribution >= 0.6 is 0 Å². The fraction of sp³-hybridized carbons (Fsp3) is 0.286. The lowest BCUT2D eigenvalue weighted by Gasteiger charge is -2.22. The van der Waals surface area contributed by atoms with Gasteiger partial charge in [0.25, 0.3) is 0 Å². The zero-order valence-corrected chi connectivity index (χ0v) is 20.4. The lowest BCUT2D eigenvalue weighted by molar-refractivity contribution is -0.137. The van der Waals surface area contributed by atoms with Crippen LogP contribution in [0.2, 0.25) is 0 Å². The minimum atomic E-state index is -4.49. The van der Waals surface area contributed by atoms with Gasteiger partial charge in [-0.1, -0.05) is 42.5 Å². The second-order valence-electron chi connectivity index (χ2n) is 9.08. The number of halogens is 3. The lowest BCUT2D eigenvalue weighted by atomic mass is 9.99. The van der Waals surface area contributed by atoms with E-state index in [-0.39, 0.29) is 5.82 Å².